The number of hydrogen-bond acceptors (Lipinski definition) is 6. The first kappa shape index (κ1) is 27.0. The SMILES string of the molecule is CC(C)(C)OC(=O)NCCCNCCc1cn(C2CCCCO2)nc1[C@@H]1CCC(C)(C)[C@H](O)C1. The standard InChI is InChI=1S/C26H46N4O4/c1-25(2,3)34-24(32)28-14-8-13-27-15-11-20-18-30(22-9-6-7-16-33-22)29-23(20)19-10-12-26(4,5)21(31)17-19/h18-19,21-22,27,31H,6-17H2,1-5H3,(H,28,32)/t19-,21-,22?/m1/s1. The molecule has 34 heavy (non-hydrogen) atoms. The smallest absolute Gasteiger partial charge is 0.407 e. The Kier molecular flexibility index (Phi) is 9.41. The van der Waals surface area contributed by atoms with E-state index in [2.05, 4.69) is 30.7 Å². The van der Waals surface area contributed by atoms with E-state index in [0.717, 1.165) is 70.3 Å². The minimum absolute atomic E-state index is 0.0260. The molecule has 2 aliphatic rings. The normalized spacial score (nSPS) is 25.2. The minimum Gasteiger partial charge on any atom is -0.444 e. The second kappa shape index (κ2) is 11.9. The molecule has 2 heterocycles. The number of aliphatic hydroxyl groups is 1. The number of aliphatic hydroxyl groups excluding tert-OH is 1. The van der Waals surface area contributed by atoms with E-state index in [-0.39, 0.29) is 23.8 Å². The first-order chi connectivity index (χ1) is 16.0. The van der Waals surface area contributed by atoms with Gasteiger partial charge in [0.2, 0.25) is 0 Å². The van der Waals surface area contributed by atoms with Crippen molar-refractivity contribution in [2.75, 3.05) is 26.2 Å². The molecule has 3 atom stereocenters. The van der Waals surface area contributed by atoms with Gasteiger partial charge in [-0.2, -0.15) is 5.10 Å². The fraction of sp³-hybridized carbons (Fsp3) is 0.846. The van der Waals surface area contributed by atoms with Gasteiger partial charge in [0.1, 0.15) is 11.8 Å². The Morgan fingerprint density at radius 3 is 2.74 bits per heavy atom. The third-order valence-corrected chi connectivity index (χ3v) is 6.99. The summed E-state index contributed by atoms with van der Waals surface area (Å²) in [6.07, 6.45) is 9.38. The van der Waals surface area contributed by atoms with Crippen LogP contribution in [0.1, 0.15) is 103 Å². The molecule has 1 saturated heterocycles. The number of carbonyl (C=O) groups excluding carboxylic acids is 1. The molecule has 0 spiro atoms. The topological polar surface area (TPSA) is 97.6 Å². The van der Waals surface area contributed by atoms with Gasteiger partial charge in [0.25, 0.3) is 0 Å². The van der Waals surface area contributed by atoms with Gasteiger partial charge in [-0.1, -0.05) is 13.8 Å². The maximum atomic E-state index is 11.7. The molecule has 3 rings (SSSR count). The third-order valence-electron chi connectivity index (χ3n) is 6.99. The van der Waals surface area contributed by atoms with Gasteiger partial charge in [-0.15, -0.1) is 0 Å². The van der Waals surface area contributed by atoms with Crippen LogP contribution in [0.4, 0.5) is 4.79 Å². The fourth-order valence-corrected chi connectivity index (χ4v) is 4.79. The number of alkyl carbamates (subject to hydrolysis) is 1. The highest BCUT2D eigenvalue weighted by Crippen LogP contribution is 2.43. The summed E-state index contributed by atoms with van der Waals surface area (Å²) in [5.74, 6) is 0.292. The van der Waals surface area contributed by atoms with Gasteiger partial charge in [-0.25, -0.2) is 9.48 Å². The number of hydrogen-bond donors (Lipinski definition) is 3. The number of nitrogens with one attached hydrogen (secondary N) is 2. The summed E-state index contributed by atoms with van der Waals surface area (Å²) >= 11 is 0. The molecule has 1 aromatic heterocycles. The van der Waals surface area contributed by atoms with E-state index >= 15 is 0 Å². The first-order valence-corrected chi connectivity index (χ1v) is 13.1. The van der Waals surface area contributed by atoms with Crippen molar-refractivity contribution in [2.45, 2.75) is 110 Å². The van der Waals surface area contributed by atoms with E-state index in [1.807, 2.05) is 25.5 Å². The van der Waals surface area contributed by atoms with Gasteiger partial charge in [0, 0.05) is 25.3 Å². The molecule has 0 aromatic carbocycles. The van der Waals surface area contributed by atoms with Crippen LogP contribution in [0.25, 0.3) is 0 Å². The van der Waals surface area contributed by atoms with E-state index < -0.39 is 5.60 Å². The van der Waals surface area contributed by atoms with E-state index in [0.29, 0.717) is 12.5 Å². The van der Waals surface area contributed by atoms with Gasteiger partial charge < -0.3 is 25.2 Å². The number of nitrogens with zero attached hydrogens (tertiary/aromatic N) is 2. The highest BCUT2D eigenvalue weighted by Gasteiger charge is 2.37. The monoisotopic (exact) mass is 478 g/mol. The molecule has 1 aromatic rings. The van der Waals surface area contributed by atoms with Gasteiger partial charge >= 0.3 is 6.09 Å². The molecule has 8 heteroatoms. The quantitative estimate of drug-likeness (QED) is 0.458. The van der Waals surface area contributed by atoms with Gasteiger partial charge in [0.05, 0.1) is 11.8 Å². The Bertz CT molecular complexity index is 780. The van der Waals surface area contributed by atoms with Crippen molar-refractivity contribution in [2.24, 2.45) is 5.41 Å². The zero-order valence-corrected chi connectivity index (χ0v) is 21.9. The number of aromatic nitrogens is 2. The van der Waals surface area contributed by atoms with E-state index in [1.54, 1.807) is 0 Å². The van der Waals surface area contributed by atoms with Crippen LogP contribution in [-0.4, -0.2) is 58.9 Å². The predicted molar refractivity (Wildman–Crippen MR) is 133 cm³/mol. The minimum atomic E-state index is -0.475. The third kappa shape index (κ3) is 7.95. The first-order valence-electron chi connectivity index (χ1n) is 13.1. The van der Waals surface area contributed by atoms with Crippen molar-refractivity contribution >= 4 is 6.09 Å². The molecule has 2 fully saturated rings. The van der Waals surface area contributed by atoms with Gasteiger partial charge in [-0.05, 0) is 96.2 Å². The highest BCUT2D eigenvalue weighted by atomic mass is 16.6. The fourth-order valence-electron chi connectivity index (χ4n) is 4.79. The van der Waals surface area contributed by atoms with Crippen LogP contribution in [0, 0.1) is 5.41 Å². The largest absolute Gasteiger partial charge is 0.444 e. The molecule has 0 radical (unpaired) electrons. The van der Waals surface area contributed by atoms with Crippen LogP contribution < -0.4 is 10.6 Å². The van der Waals surface area contributed by atoms with E-state index in [1.165, 1.54) is 12.0 Å². The van der Waals surface area contributed by atoms with Crippen molar-refractivity contribution in [1.82, 2.24) is 20.4 Å². The van der Waals surface area contributed by atoms with E-state index in [9.17, 15) is 9.90 Å². The Morgan fingerprint density at radius 2 is 2.06 bits per heavy atom. The summed E-state index contributed by atoms with van der Waals surface area (Å²) in [5.41, 5.74) is 1.89. The lowest BCUT2D eigenvalue weighted by Gasteiger charge is -2.38. The zero-order valence-electron chi connectivity index (χ0n) is 21.9. The molecule has 8 nitrogen and oxygen atoms in total. The molecule has 0 bridgehead atoms. The van der Waals surface area contributed by atoms with Crippen LogP contribution in [0.15, 0.2) is 6.20 Å². The summed E-state index contributed by atoms with van der Waals surface area (Å²) in [6, 6.07) is 0. The molecule has 1 unspecified atom stereocenters. The van der Waals surface area contributed by atoms with Crippen molar-refractivity contribution in [3.05, 3.63) is 17.5 Å². The molecule has 1 aliphatic heterocycles. The molecular formula is C26H46N4O4. The zero-order chi connectivity index (χ0) is 24.8. The van der Waals surface area contributed by atoms with Gasteiger partial charge in [-0.3, -0.25) is 0 Å². The lowest BCUT2D eigenvalue weighted by atomic mass is 9.70. The lowest BCUT2D eigenvalue weighted by Crippen LogP contribution is -2.36. The number of carbonyl (C=O) groups is 1. The predicted octanol–water partition coefficient (Wildman–Crippen LogP) is 4.28. The Morgan fingerprint density at radius 1 is 1.26 bits per heavy atom. The number of rotatable bonds is 9. The van der Waals surface area contributed by atoms with Crippen molar-refractivity contribution < 1.29 is 19.4 Å². The van der Waals surface area contributed by atoms with Crippen LogP contribution in [0.3, 0.4) is 0 Å². The highest BCUT2D eigenvalue weighted by molar-refractivity contribution is 5.67. The second-order valence-corrected chi connectivity index (χ2v) is 11.6. The number of ether oxygens (including phenoxy) is 2. The molecule has 3 N–H and O–H groups in total. The van der Waals surface area contributed by atoms with E-state index in [4.69, 9.17) is 14.6 Å². The summed E-state index contributed by atoms with van der Waals surface area (Å²) in [6.45, 7) is 12.9. The summed E-state index contributed by atoms with van der Waals surface area (Å²) in [7, 11) is 0. The maximum Gasteiger partial charge on any atom is 0.407 e. The average Bonchev–Trinajstić information content (AvgIpc) is 3.18. The maximum absolute atomic E-state index is 11.7. The molecule has 194 valence electrons. The van der Waals surface area contributed by atoms with Gasteiger partial charge in [0.15, 0.2) is 0 Å². The Labute approximate surface area is 205 Å². The molecular weight excluding hydrogens is 432 g/mol. The van der Waals surface area contributed by atoms with Crippen molar-refractivity contribution in [3.63, 3.8) is 0 Å². The van der Waals surface area contributed by atoms with Crippen LogP contribution >= 0.6 is 0 Å². The number of amides is 1. The summed E-state index contributed by atoms with van der Waals surface area (Å²) < 4.78 is 13.3. The van der Waals surface area contributed by atoms with Crippen LogP contribution in [-0.2, 0) is 15.9 Å². The summed E-state index contributed by atoms with van der Waals surface area (Å²) in [4.78, 5) is 11.7. The lowest BCUT2D eigenvalue weighted by molar-refractivity contribution is -0.0401. The Balaban J connectivity index is 1.51. The Hall–Kier alpha value is -1.64. The van der Waals surface area contributed by atoms with Crippen molar-refractivity contribution in [1.29, 1.82) is 0 Å². The van der Waals surface area contributed by atoms with Crippen LogP contribution in [0.2, 0.25) is 0 Å². The van der Waals surface area contributed by atoms with Crippen molar-refractivity contribution in [3.8, 4) is 0 Å². The average molecular weight is 479 g/mol. The molecule has 1 saturated carbocycles. The van der Waals surface area contributed by atoms with Crippen LogP contribution in [0.5, 0.6) is 0 Å². The second-order valence-electron chi connectivity index (χ2n) is 11.6. The molecule has 1 amide bonds. The summed E-state index contributed by atoms with van der Waals surface area (Å²) in [5, 5.41) is 22.0. The molecule has 1 aliphatic carbocycles.